The largest absolute Gasteiger partial charge is 0.386 e. The van der Waals surface area contributed by atoms with Crippen molar-refractivity contribution in [1.29, 1.82) is 0 Å². The Labute approximate surface area is 62.5 Å². The molecule has 0 rings (SSSR count). The summed E-state index contributed by atoms with van der Waals surface area (Å²) in [7, 11) is 0. The van der Waals surface area contributed by atoms with Crippen LogP contribution in [0.2, 0.25) is 0 Å². The zero-order valence-electron chi connectivity index (χ0n) is 6.76. The molecule has 0 aromatic heterocycles. The van der Waals surface area contributed by atoms with E-state index in [0.29, 0.717) is 19.6 Å². The Morgan fingerprint density at radius 1 is 1.70 bits per heavy atom. The van der Waals surface area contributed by atoms with Gasteiger partial charge in [-0.05, 0) is 13.8 Å². The van der Waals surface area contributed by atoms with Crippen LogP contribution < -0.4 is 0 Å². The van der Waals surface area contributed by atoms with Crippen molar-refractivity contribution in [2.75, 3.05) is 13.2 Å². The van der Waals surface area contributed by atoms with Crippen molar-refractivity contribution in [3.05, 3.63) is 12.7 Å². The molecule has 60 valence electrons. The van der Waals surface area contributed by atoms with E-state index in [1.165, 1.54) is 6.08 Å². The van der Waals surface area contributed by atoms with Crippen molar-refractivity contribution in [3.63, 3.8) is 0 Å². The van der Waals surface area contributed by atoms with Gasteiger partial charge in [-0.3, -0.25) is 0 Å². The van der Waals surface area contributed by atoms with Crippen LogP contribution in [0.25, 0.3) is 0 Å². The van der Waals surface area contributed by atoms with Crippen LogP contribution in [0.3, 0.4) is 0 Å². The van der Waals surface area contributed by atoms with Gasteiger partial charge < -0.3 is 9.84 Å². The van der Waals surface area contributed by atoms with Crippen LogP contribution in [-0.4, -0.2) is 23.9 Å². The van der Waals surface area contributed by atoms with Gasteiger partial charge in [0.25, 0.3) is 0 Å². The fourth-order valence-corrected chi connectivity index (χ4v) is 0.525. The Kier molecular flexibility index (Phi) is 4.32. The predicted octanol–water partition coefficient (Wildman–Crippen LogP) is 1.35. The van der Waals surface area contributed by atoms with Crippen molar-refractivity contribution in [2.24, 2.45) is 0 Å². The third-order valence-corrected chi connectivity index (χ3v) is 1.40. The van der Waals surface area contributed by atoms with Crippen LogP contribution >= 0.6 is 0 Å². The number of ether oxygens (including phenoxy) is 1. The third-order valence-electron chi connectivity index (χ3n) is 1.40. The summed E-state index contributed by atoms with van der Waals surface area (Å²) in [6.07, 6.45) is 2.15. The molecule has 1 N–H and O–H groups in total. The lowest BCUT2D eigenvalue weighted by Gasteiger charge is -2.17. The van der Waals surface area contributed by atoms with E-state index in [2.05, 4.69) is 6.58 Å². The maximum Gasteiger partial charge on any atom is 0.0819 e. The second-order valence-electron chi connectivity index (χ2n) is 2.51. The lowest BCUT2D eigenvalue weighted by atomic mass is 10.0. The molecule has 1 atom stereocenters. The number of hydrogen-bond acceptors (Lipinski definition) is 2. The molecule has 0 radical (unpaired) electrons. The highest BCUT2D eigenvalue weighted by molar-refractivity contribution is 4.91. The Hall–Kier alpha value is -0.340. The average molecular weight is 144 g/mol. The zero-order valence-corrected chi connectivity index (χ0v) is 6.76. The number of rotatable bonds is 5. The summed E-state index contributed by atoms with van der Waals surface area (Å²) in [5.74, 6) is 0. The first kappa shape index (κ1) is 9.66. The van der Waals surface area contributed by atoms with Gasteiger partial charge in [0.2, 0.25) is 0 Å². The summed E-state index contributed by atoms with van der Waals surface area (Å²) in [5.41, 5.74) is -0.769. The molecule has 0 saturated heterocycles. The van der Waals surface area contributed by atoms with Crippen molar-refractivity contribution < 1.29 is 9.84 Å². The summed E-state index contributed by atoms with van der Waals surface area (Å²) in [6, 6.07) is 0. The van der Waals surface area contributed by atoms with E-state index in [1.807, 2.05) is 6.92 Å². The Balaban J connectivity index is 3.37. The van der Waals surface area contributed by atoms with E-state index < -0.39 is 5.60 Å². The first-order chi connectivity index (χ1) is 4.62. The van der Waals surface area contributed by atoms with E-state index in [9.17, 15) is 5.11 Å². The molecule has 0 aromatic rings. The molecule has 2 heteroatoms. The van der Waals surface area contributed by atoms with Crippen molar-refractivity contribution in [2.45, 2.75) is 25.9 Å². The average Bonchev–Trinajstić information content (AvgIpc) is 1.89. The quantitative estimate of drug-likeness (QED) is 0.466. The van der Waals surface area contributed by atoms with Crippen LogP contribution in [0.5, 0.6) is 0 Å². The minimum absolute atomic E-state index is 0.593. The summed E-state index contributed by atoms with van der Waals surface area (Å²) in [4.78, 5) is 0. The molecule has 0 bridgehead atoms. The zero-order chi connectivity index (χ0) is 8.04. The standard InChI is InChI=1S/C8H16O2/c1-4-8(3,9)6-7-10-5-2/h4,9H,1,5-7H2,2-3H3. The van der Waals surface area contributed by atoms with Gasteiger partial charge in [0.15, 0.2) is 0 Å². The highest BCUT2D eigenvalue weighted by Crippen LogP contribution is 2.09. The fraction of sp³-hybridized carbons (Fsp3) is 0.750. The highest BCUT2D eigenvalue weighted by Gasteiger charge is 2.13. The molecule has 0 amide bonds. The first-order valence-corrected chi connectivity index (χ1v) is 3.56. The monoisotopic (exact) mass is 144 g/mol. The lowest BCUT2D eigenvalue weighted by molar-refractivity contribution is 0.0526. The molecule has 10 heavy (non-hydrogen) atoms. The Morgan fingerprint density at radius 2 is 2.30 bits per heavy atom. The fourth-order valence-electron chi connectivity index (χ4n) is 0.525. The van der Waals surface area contributed by atoms with Crippen molar-refractivity contribution in [3.8, 4) is 0 Å². The van der Waals surface area contributed by atoms with Crippen LogP contribution in [0.4, 0.5) is 0 Å². The molecule has 0 saturated carbocycles. The van der Waals surface area contributed by atoms with Gasteiger partial charge in [0.05, 0.1) is 5.60 Å². The van der Waals surface area contributed by atoms with Gasteiger partial charge in [0.1, 0.15) is 0 Å². The van der Waals surface area contributed by atoms with Crippen molar-refractivity contribution in [1.82, 2.24) is 0 Å². The molecule has 0 aromatic carbocycles. The Morgan fingerprint density at radius 3 is 2.70 bits per heavy atom. The second kappa shape index (κ2) is 4.47. The first-order valence-electron chi connectivity index (χ1n) is 3.56. The van der Waals surface area contributed by atoms with Crippen LogP contribution in [-0.2, 0) is 4.74 Å². The molecule has 1 unspecified atom stereocenters. The summed E-state index contributed by atoms with van der Waals surface area (Å²) in [6.45, 7) is 8.45. The van der Waals surface area contributed by atoms with Gasteiger partial charge >= 0.3 is 0 Å². The maximum atomic E-state index is 9.35. The smallest absolute Gasteiger partial charge is 0.0819 e. The maximum absolute atomic E-state index is 9.35. The van der Waals surface area contributed by atoms with Crippen LogP contribution in [0, 0.1) is 0 Å². The molecule has 0 heterocycles. The summed E-state index contributed by atoms with van der Waals surface area (Å²) < 4.78 is 5.06. The molecule has 0 fully saturated rings. The van der Waals surface area contributed by atoms with Gasteiger partial charge in [0, 0.05) is 19.6 Å². The molecule has 0 aliphatic rings. The number of aliphatic hydroxyl groups is 1. The highest BCUT2D eigenvalue weighted by atomic mass is 16.5. The third kappa shape index (κ3) is 4.53. The summed E-state index contributed by atoms with van der Waals surface area (Å²) in [5, 5.41) is 9.35. The normalized spacial score (nSPS) is 16.3. The van der Waals surface area contributed by atoms with E-state index in [-0.39, 0.29) is 0 Å². The van der Waals surface area contributed by atoms with E-state index in [0.717, 1.165) is 0 Å². The van der Waals surface area contributed by atoms with Gasteiger partial charge in [-0.2, -0.15) is 0 Å². The Bertz CT molecular complexity index is 97.4. The minimum atomic E-state index is -0.769. The molecule has 0 aliphatic heterocycles. The van der Waals surface area contributed by atoms with Crippen LogP contribution in [0.15, 0.2) is 12.7 Å². The van der Waals surface area contributed by atoms with Crippen molar-refractivity contribution >= 4 is 0 Å². The number of hydrogen-bond donors (Lipinski definition) is 1. The molecule has 0 aliphatic carbocycles. The van der Waals surface area contributed by atoms with Gasteiger partial charge in [-0.1, -0.05) is 6.08 Å². The molecule has 0 spiro atoms. The topological polar surface area (TPSA) is 29.5 Å². The second-order valence-corrected chi connectivity index (χ2v) is 2.51. The summed E-state index contributed by atoms with van der Waals surface area (Å²) >= 11 is 0. The van der Waals surface area contributed by atoms with Crippen LogP contribution in [0.1, 0.15) is 20.3 Å². The van der Waals surface area contributed by atoms with E-state index in [1.54, 1.807) is 6.92 Å². The van der Waals surface area contributed by atoms with Gasteiger partial charge in [-0.15, -0.1) is 6.58 Å². The molecular formula is C8H16O2. The van der Waals surface area contributed by atoms with E-state index in [4.69, 9.17) is 4.74 Å². The molecule has 2 nitrogen and oxygen atoms in total. The van der Waals surface area contributed by atoms with Gasteiger partial charge in [-0.25, -0.2) is 0 Å². The lowest BCUT2D eigenvalue weighted by Crippen LogP contribution is -2.22. The molecular weight excluding hydrogens is 128 g/mol. The minimum Gasteiger partial charge on any atom is -0.386 e. The predicted molar refractivity (Wildman–Crippen MR) is 41.9 cm³/mol. The SMILES string of the molecule is C=CC(C)(O)CCOCC. The van der Waals surface area contributed by atoms with E-state index >= 15 is 0 Å².